The van der Waals surface area contributed by atoms with Gasteiger partial charge in [-0.2, -0.15) is 0 Å². The Morgan fingerprint density at radius 3 is 2.50 bits per heavy atom. The van der Waals surface area contributed by atoms with Gasteiger partial charge in [-0.15, -0.1) is 0 Å². The largest absolute Gasteiger partial charge is 0.478 e. The molecule has 0 unspecified atom stereocenters. The van der Waals surface area contributed by atoms with Gasteiger partial charge in [0.1, 0.15) is 0 Å². The quantitative estimate of drug-likeness (QED) is 0.762. The Kier molecular flexibility index (Phi) is 3.31. The third kappa shape index (κ3) is 2.60. The molecule has 1 N–H and O–H groups in total. The summed E-state index contributed by atoms with van der Waals surface area (Å²) >= 11 is 5.81. The first-order valence-corrected chi connectivity index (χ1v) is 4.56. The molecular weight excluding hydrogens is 200 g/mol. The van der Waals surface area contributed by atoms with Gasteiger partial charge in [-0.1, -0.05) is 29.8 Å². The van der Waals surface area contributed by atoms with E-state index >= 15 is 0 Å². The summed E-state index contributed by atoms with van der Waals surface area (Å²) in [6, 6.07) is 5.60. The van der Waals surface area contributed by atoms with Crippen molar-refractivity contribution in [2.45, 2.75) is 13.8 Å². The highest BCUT2D eigenvalue weighted by molar-refractivity contribution is 6.50. The van der Waals surface area contributed by atoms with Crippen molar-refractivity contribution in [3.05, 3.63) is 41.0 Å². The molecule has 1 rings (SSSR count). The van der Waals surface area contributed by atoms with Gasteiger partial charge in [-0.05, 0) is 30.5 Å². The van der Waals surface area contributed by atoms with Crippen LogP contribution in [0.5, 0.6) is 0 Å². The number of benzene rings is 1. The number of hydrogen-bond acceptors (Lipinski definition) is 1. The first kappa shape index (κ1) is 10.8. The normalized spacial score (nSPS) is 11.5. The van der Waals surface area contributed by atoms with E-state index in [4.69, 9.17) is 16.7 Å². The molecule has 3 heteroatoms. The minimum atomic E-state index is -1.03. The topological polar surface area (TPSA) is 37.3 Å². The lowest BCUT2D eigenvalue weighted by atomic mass is 10.1. The van der Waals surface area contributed by atoms with Gasteiger partial charge >= 0.3 is 5.97 Å². The van der Waals surface area contributed by atoms with Crippen LogP contribution in [0.1, 0.15) is 16.7 Å². The Morgan fingerprint density at radius 2 is 2.00 bits per heavy atom. The number of carboxylic acid groups (broad SMARTS) is 1. The maximum Gasteiger partial charge on any atom is 0.329 e. The second-order valence-corrected chi connectivity index (χ2v) is 3.54. The van der Waals surface area contributed by atoms with Crippen LogP contribution in [0.2, 0.25) is 0 Å². The molecule has 0 heterocycles. The number of halogens is 1. The smallest absolute Gasteiger partial charge is 0.329 e. The predicted molar refractivity (Wildman–Crippen MR) is 57.4 cm³/mol. The van der Waals surface area contributed by atoms with Crippen molar-refractivity contribution in [3.63, 3.8) is 0 Å². The van der Waals surface area contributed by atoms with E-state index in [9.17, 15) is 4.79 Å². The molecule has 0 aromatic heterocycles. The molecule has 0 atom stereocenters. The fraction of sp³-hybridized carbons (Fsp3) is 0.182. The lowest BCUT2D eigenvalue weighted by molar-refractivity contribution is -0.131. The molecule has 1 aromatic rings. The Labute approximate surface area is 87.8 Å². The Bertz CT molecular complexity index is 394. The molecule has 0 aliphatic carbocycles. The van der Waals surface area contributed by atoms with Crippen LogP contribution < -0.4 is 0 Å². The van der Waals surface area contributed by atoms with E-state index in [2.05, 4.69) is 0 Å². The zero-order valence-electron chi connectivity index (χ0n) is 8.04. The molecule has 0 spiro atoms. The van der Waals surface area contributed by atoms with Crippen molar-refractivity contribution in [2.24, 2.45) is 0 Å². The fourth-order valence-electron chi connectivity index (χ4n) is 1.08. The number of hydrogen-bond donors (Lipinski definition) is 1. The van der Waals surface area contributed by atoms with Crippen molar-refractivity contribution >= 4 is 22.6 Å². The van der Waals surface area contributed by atoms with Gasteiger partial charge in [0.05, 0.1) is 5.03 Å². The second-order valence-electron chi connectivity index (χ2n) is 3.13. The highest BCUT2D eigenvalue weighted by Gasteiger charge is 2.02. The minimum Gasteiger partial charge on any atom is -0.478 e. The summed E-state index contributed by atoms with van der Waals surface area (Å²) in [6.07, 6.45) is 0.992. The van der Waals surface area contributed by atoms with Gasteiger partial charge in [0.2, 0.25) is 0 Å². The van der Waals surface area contributed by atoms with Gasteiger partial charge in [0.25, 0.3) is 0 Å². The van der Waals surface area contributed by atoms with Crippen LogP contribution in [0.3, 0.4) is 0 Å². The summed E-state index contributed by atoms with van der Waals surface area (Å²) in [5.74, 6) is -1.03. The maximum atomic E-state index is 10.4. The summed E-state index contributed by atoms with van der Waals surface area (Å²) in [6.45, 7) is 3.96. The van der Waals surface area contributed by atoms with Gasteiger partial charge in [-0.3, -0.25) is 0 Å². The van der Waals surface area contributed by atoms with Crippen LogP contribution in [0.15, 0.2) is 24.3 Å². The number of rotatable bonds is 2. The van der Waals surface area contributed by atoms with Gasteiger partial charge in [0, 0.05) is 6.08 Å². The zero-order valence-corrected chi connectivity index (χ0v) is 8.80. The lowest BCUT2D eigenvalue weighted by Gasteiger charge is -2.03. The fourth-order valence-corrected chi connectivity index (χ4v) is 1.29. The highest BCUT2D eigenvalue weighted by Crippen LogP contribution is 2.21. The summed E-state index contributed by atoms with van der Waals surface area (Å²) in [5, 5.41) is 8.76. The summed E-state index contributed by atoms with van der Waals surface area (Å²) < 4.78 is 0. The second kappa shape index (κ2) is 4.29. The number of aliphatic carboxylic acids is 1. The molecule has 74 valence electrons. The van der Waals surface area contributed by atoms with E-state index in [0.29, 0.717) is 0 Å². The molecule has 0 amide bonds. The van der Waals surface area contributed by atoms with Gasteiger partial charge < -0.3 is 5.11 Å². The van der Waals surface area contributed by atoms with Gasteiger partial charge in [-0.25, -0.2) is 4.79 Å². The first-order chi connectivity index (χ1) is 6.50. The molecule has 0 radical (unpaired) electrons. The van der Waals surface area contributed by atoms with Crippen molar-refractivity contribution < 1.29 is 9.90 Å². The lowest BCUT2D eigenvalue weighted by Crippen LogP contribution is -1.90. The molecule has 0 fully saturated rings. The Morgan fingerprint density at radius 1 is 1.36 bits per heavy atom. The maximum absolute atomic E-state index is 10.4. The van der Waals surface area contributed by atoms with Crippen molar-refractivity contribution in [1.29, 1.82) is 0 Å². The van der Waals surface area contributed by atoms with Crippen molar-refractivity contribution in [3.8, 4) is 0 Å². The molecule has 0 aliphatic rings. The molecule has 2 nitrogen and oxygen atoms in total. The molecule has 0 saturated carbocycles. The average Bonchev–Trinajstić information content (AvgIpc) is 2.08. The number of aryl methyl sites for hydroxylation is 2. The van der Waals surface area contributed by atoms with E-state index in [-0.39, 0.29) is 5.03 Å². The van der Waals surface area contributed by atoms with Gasteiger partial charge in [0.15, 0.2) is 0 Å². The van der Waals surface area contributed by atoms with E-state index in [1.165, 1.54) is 0 Å². The standard InChI is InChI=1S/C11H11ClO2/c1-7-3-4-9(5-8(7)2)10(12)6-11(13)14/h3-6H,1-2H3,(H,13,14)/b10-6-. The van der Waals surface area contributed by atoms with E-state index in [0.717, 1.165) is 22.8 Å². The van der Waals surface area contributed by atoms with E-state index < -0.39 is 5.97 Å². The molecule has 14 heavy (non-hydrogen) atoms. The molecular formula is C11H11ClO2. The van der Waals surface area contributed by atoms with Crippen molar-refractivity contribution in [1.82, 2.24) is 0 Å². The molecule has 0 saturated heterocycles. The molecule has 1 aromatic carbocycles. The zero-order chi connectivity index (χ0) is 10.7. The van der Waals surface area contributed by atoms with E-state index in [1.807, 2.05) is 32.0 Å². The number of carboxylic acids is 1. The monoisotopic (exact) mass is 210 g/mol. The van der Waals surface area contributed by atoms with Crippen molar-refractivity contribution in [2.75, 3.05) is 0 Å². The summed E-state index contributed by atoms with van der Waals surface area (Å²) in [4.78, 5) is 10.4. The predicted octanol–water partition coefficient (Wildman–Crippen LogP) is 2.97. The van der Waals surface area contributed by atoms with Crippen LogP contribution in [-0.2, 0) is 4.79 Å². The Hall–Kier alpha value is -1.28. The van der Waals surface area contributed by atoms with Crippen LogP contribution in [0.25, 0.3) is 5.03 Å². The first-order valence-electron chi connectivity index (χ1n) is 4.18. The summed E-state index contributed by atoms with van der Waals surface area (Å²) in [7, 11) is 0. The highest BCUT2D eigenvalue weighted by atomic mass is 35.5. The van der Waals surface area contributed by atoms with Crippen LogP contribution >= 0.6 is 11.6 Å². The van der Waals surface area contributed by atoms with Crippen LogP contribution in [0.4, 0.5) is 0 Å². The van der Waals surface area contributed by atoms with Crippen LogP contribution in [-0.4, -0.2) is 11.1 Å². The third-order valence-electron chi connectivity index (χ3n) is 2.03. The third-order valence-corrected chi connectivity index (χ3v) is 2.36. The summed E-state index contributed by atoms with van der Waals surface area (Å²) in [5.41, 5.74) is 2.99. The van der Waals surface area contributed by atoms with Crippen LogP contribution in [0, 0.1) is 13.8 Å². The SMILES string of the molecule is Cc1ccc(/C(Cl)=C/C(=O)O)cc1C. The minimum absolute atomic E-state index is 0.251. The molecule has 0 aliphatic heterocycles. The van der Waals surface area contributed by atoms with E-state index in [1.54, 1.807) is 0 Å². The average molecular weight is 211 g/mol. The molecule has 0 bridgehead atoms. The number of carbonyl (C=O) groups is 1. The Balaban J connectivity index is 3.09.